The van der Waals surface area contributed by atoms with Crippen LogP contribution < -0.4 is 4.57 Å². The van der Waals surface area contributed by atoms with E-state index in [2.05, 4.69) is 11.1 Å². The molecule has 0 spiro atoms. The van der Waals surface area contributed by atoms with E-state index in [0.717, 1.165) is 12.6 Å². The molecule has 1 aromatic rings. The van der Waals surface area contributed by atoms with Crippen molar-refractivity contribution in [1.82, 2.24) is 4.57 Å². The number of carbonyl (C=O) groups is 1. The van der Waals surface area contributed by atoms with E-state index in [4.69, 9.17) is 37.9 Å². The third-order valence-electron chi connectivity index (χ3n) is 4.19. The fraction of sp³-hybridized carbons (Fsp3) is 0.739. The molecular weight excluding hydrogens is 448 g/mol. The first kappa shape index (κ1) is 30.2. The van der Waals surface area contributed by atoms with Crippen LogP contribution in [0.15, 0.2) is 31.4 Å². The molecule has 11 nitrogen and oxygen atoms in total. The van der Waals surface area contributed by atoms with Crippen molar-refractivity contribution >= 4 is 5.97 Å². The van der Waals surface area contributed by atoms with Crippen LogP contribution >= 0.6 is 0 Å². The van der Waals surface area contributed by atoms with Gasteiger partial charge >= 0.3 is 5.97 Å². The molecule has 1 rings (SSSR count). The van der Waals surface area contributed by atoms with Gasteiger partial charge in [0.1, 0.15) is 25.5 Å². The van der Waals surface area contributed by atoms with Gasteiger partial charge in [-0.15, -0.1) is 0 Å². The van der Waals surface area contributed by atoms with Crippen LogP contribution in [-0.4, -0.2) is 110 Å². The van der Waals surface area contributed by atoms with E-state index in [1.165, 1.54) is 0 Å². The van der Waals surface area contributed by atoms with Crippen molar-refractivity contribution in [3.63, 3.8) is 0 Å². The molecular formula is C23H41N2O9+. The predicted octanol–water partition coefficient (Wildman–Crippen LogP) is 0.158. The maximum atomic E-state index is 10.8. The second kappa shape index (κ2) is 22.9. The molecule has 1 heterocycles. The molecule has 0 aromatic carbocycles. The molecule has 0 aliphatic heterocycles. The number of ether oxygens (including phenoxy) is 8. The first-order valence-electron chi connectivity index (χ1n) is 11.6. The Bertz CT molecular complexity index is 613. The van der Waals surface area contributed by atoms with Crippen molar-refractivity contribution in [2.24, 2.45) is 7.05 Å². The van der Waals surface area contributed by atoms with Crippen LogP contribution in [-0.2, 0) is 56.3 Å². The van der Waals surface area contributed by atoms with E-state index < -0.39 is 5.97 Å². The summed E-state index contributed by atoms with van der Waals surface area (Å²) in [4.78, 5) is 10.8. The number of nitrogens with zero attached hydrogens (tertiary/aromatic N) is 2. The van der Waals surface area contributed by atoms with Crippen molar-refractivity contribution in [3.8, 4) is 0 Å². The summed E-state index contributed by atoms with van der Waals surface area (Å²) in [6.07, 6.45) is 7.14. The maximum absolute atomic E-state index is 10.8. The topological polar surface area (TPSA) is 99.7 Å². The van der Waals surface area contributed by atoms with E-state index in [9.17, 15) is 4.79 Å². The second-order valence-electron chi connectivity index (χ2n) is 6.98. The zero-order valence-corrected chi connectivity index (χ0v) is 20.4. The van der Waals surface area contributed by atoms with E-state index in [0.29, 0.717) is 92.5 Å². The number of carbonyl (C=O) groups excluding carboxylic acids is 1. The largest absolute Gasteiger partial charge is 0.460 e. The van der Waals surface area contributed by atoms with Crippen LogP contribution in [0.4, 0.5) is 0 Å². The van der Waals surface area contributed by atoms with Gasteiger partial charge in [0.2, 0.25) is 6.33 Å². The summed E-state index contributed by atoms with van der Waals surface area (Å²) >= 11 is 0. The molecule has 0 atom stereocenters. The number of esters is 1. The van der Waals surface area contributed by atoms with Gasteiger partial charge in [0, 0.05) is 6.08 Å². The van der Waals surface area contributed by atoms with Gasteiger partial charge in [0.25, 0.3) is 0 Å². The molecule has 0 unspecified atom stereocenters. The fourth-order valence-corrected chi connectivity index (χ4v) is 2.49. The van der Waals surface area contributed by atoms with Crippen LogP contribution in [0.25, 0.3) is 0 Å². The Morgan fingerprint density at radius 3 is 1.44 bits per heavy atom. The number of imidazole rings is 1. The van der Waals surface area contributed by atoms with Crippen LogP contribution in [0.2, 0.25) is 0 Å². The lowest BCUT2D eigenvalue weighted by Gasteiger charge is -2.08. The zero-order chi connectivity index (χ0) is 24.5. The van der Waals surface area contributed by atoms with Gasteiger partial charge < -0.3 is 37.9 Å². The molecule has 0 fully saturated rings. The second-order valence-corrected chi connectivity index (χ2v) is 6.98. The quantitative estimate of drug-likeness (QED) is 0.0823. The Kier molecular flexibility index (Phi) is 20.3. The molecule has 11 heteroatoms. The molecule has 0 saturated carbocycles. The zero-order valence-electron chi connectivity index (χ0n) is 20.4. The lowest BCUT2D eigenvalue weighted by Crippen LogP contribution is -2.24. The lowest BCUT2D eigenvalue weighted by atomic mass is 10.6. The first-order valence-corrected chi connectivity index (χ1v) is 11.6. The van der Waals surface area contributed by atoms with Crippen molar-refractivity contribution in [2.45, 2.75) is 6.54 Å². The predicted molar refractivity (Wildman–Crippen MR) is 122 cm³/mol. The number of hydrogen-bond donors (Lipinski definition) is 0. The third-order valence-corrected chi connectivity index (χ3v) is 4.19. The van der Waals surface area contributed by atoms with Crippen molar-refractivity contribution < 1.29 is 47.3 Å². The minimum Gasteiger partial charge on any atom is -0.460 e. The van der Waals surface area contributed by atoms with Crippen LogP contribution in [0.1, 0.15) is 0 Å². The highest BCUT2D eigenvalue weighted by Gasteiger charge is 1.99. The normalized spacial score (nSPS) is 11.1. The fourth-order valence-electron chi connectivity index (χ4n) is 2.49. The molecule has 1 aromatic heterocycles. The molecule has 0 saturated heterocycles. The van der Waals surface area contributed by atoms with Crippen LogP contribution in [0.3, 0.4) is 0 Å². The lowest BCUT2D eigenvalue weighted by molar-refractivity contribution is -0.671. The van der Waals surface area contributed by atoms with Gasteiger partial charge in [0.05, 0.1) is 99.5 Å². The molecule has 0 aliphatic carbocycles. The summed E-state index contributed by atoms with van der Waals surface area (Å²) in [7, 11) is 1.99. The van der Waals surface area contributed by atoms with E-state index in [-0.39, 0.29) is 6.61 Å². The molecule has 34 heavy (non-hydrogen) atoms. The number of aromatic nitrogens is 2. The van der Waals surface area contributed by atoms with Gasteiger partial charge in [-0.2, -0.15) is 0 Å². The Morgan fingerprint density at radius 2 is 1.09 bits per heavy atom. The average Bonchev–Trinajstić information content (AvgIpc) is 3.26. The number of rotatable bonds is 25. The average molecular weight is 490 g/mol. The van der Waals surface area contributed by atoms with E-state index >= 15 is 0 Å². The van der Waals surface area contributed by atoms with Crippen molar-refractivity contribution in [1.29, 1.82) is 0 Å². The molecule has 196 valence electrons. The molecule has 0 N–H and O–H groups in total. The van der Waals surface area contributed by atoms with Gasteiger partial charge in [-0.1, -0.05) is 6.58 Å². The Hall–Kier alpha value is -1.86. The Labute approximate surface area is 202 Å². The van der Waals surface area contributed by atoms with E-state index in [1.54, 1.807) is 0 Å². The minimum atomic E-state index is -0.454. The summed E-state index contributed by atoms with van der Waals surface area (Å²) in [5.41, 5.74) is 0. The Morgan fingerprint density at radius 1 is 0.706 bits per heavy atom. The van der Waals surface area contributed by atoms with Crippen molar-refractivity contribution in [2.75, 3.05) is 99.1 Å². The van der Waals surface area contributed by atoms with Gasteiger partial charge in [-0.25, -0.2) is 13.9 Å². The first-order chi connectivity index (χ1) is 16.7. The van der Waals surface area contributed by atoms with E-state index in [1.807, 2.05) is 30.3 Å². The van der Waals surface area contributed by atoms with Crippen LogP contribution in [0, 0.1) is 0 Å². The molecule has 0 radical (unpaired) electrons. The Balaban J connectivity index is 1.65. The maximum Gasteiger partial charge on any atom is 0.330 e. The number of hydrogen-bond acceptors (Lipinski definition) is 9. The number of aryl methyl sites for hydroxylation is 1. The van der Waals surface area contributed by atoms with Gasteiger partial charge in [-0.05, 0) is 0 Å². The van der Waals surface area contributed by atoms with Crippen LogP contribution in [0.5, 0.6) is 0 Å². The third kappa shape index (κ3) is 19.6. The summed E-state index contributed by atoms with van der Waals surface area (Å²) < 4.78 is 46.8. The standard InChI is InChI=1S/C23H41N2O9/c1-3-23(26)34-21-20-33-19-18-32-17-16-31-15-14-30-13-12-29-11-10-28-9-8-27-7-6-25-5-4-24(2)22-25/h3-5,22H,1,6-21H2,2H3/q+1. The summed E-state index contributed by atoms with van der Waals surface area (Å²) in [6, 6.07) is 0. The monoisotopic (exact) mass is 489 g/mol. The highest BCUT2D eigenvalue weighted by atomic mass is 16.6. The van der Waals surface area contributed by atoms with Crippen molar-refractivity contribution in [3.05, 3.63) is 31.4 Å². The SMILES string of the molecule is C=CC(=O)OCCOCCOCCOCCOCCOCCOCCOCCn1cc[n+](C)c1. The molecule has 0 amide bonds. The highest BCUT2D eigenvalue weighted by Crippen LogP contribution is 1.88. The minimum absolute atomic E-state index is 0.206. The smallest absolute Gasteiger partial charge is 0.330 e. The van der Waals surface area contributed by atoms with Gasteiger partial charge in [-0.3, -0.25) is 0 Å². The summed E-state index contributed by atoms with van der Waals surface area (Å²) in [5, 5.41) is 0. The molecule has 0 bridgehead atoms. The molecule has 0 aliphatic rings. The summed E-state index contributed by atoms with van der Waals surface area (Å²) in [6.45, 7) is 11.4. The summed E-state index contributed by atoms with van der Waals surface area (Å²) in [5.74, 6) is -0.454. The van der Waals surface area contributed by atoms with Gasteiger partial charge in [0.15, 0.2) is 0 Å². The highest BCUT2D eigenvalue weighted by molar-refractivity contribution is 5.81.